The molecule has 1 aromatic carbocycles. The van der Waals surface area contributed by atoms with Crippen LogP contribution in [-0.2, 0) is 13.1 Å². The Morgan fingerprint density at radius 1 is 1.40 bits per heavy atom. The molecule has 20 heavy (non-hydrogen) atoms. The van der Waals surface area contributed by atoms with Gasteiger partial charge in [-0.1, -0.05) is 25.1 Å². The lowest BCUT2D eigenvalue weighted by Crippen LogP contribution is -2.18. The van der Waals surface area contributed by atoms with E-state index in [1.807, 2.05) is 16.8 Å². The Morgan fingerprint density at radius 3 is 2.95 bits per heavy atom. The quantitative estimate of drug-likeness (QED) is 0.478. The number of nitrogens with one attached hydrogen (secondary N) is 1. The van der Waals surface area contributed by atoms with Crippen LogP contribution in [0.1, 0.15) is 24.7 Å². The third-order valence-corrected chi connectivity index (χ3v) is 3.04. The molecule has 0 amide bonds. The number of nitro groups is 1. The van der Waals surface area contributed by atoms with Crippen molar-refractivity contribution in [2.75, 3.05) is 6.54 Å². The molecular weight excluding hydrogens is 256 g/mol. The smallest absolute Gasteiger partial charge is 0.274 e. The van der Waals surface area contributed by atoms with Crippen LogP contribution in [0.2, 0.25) is 0 Å². The van der Waals surface area contributed by atoms with Gasteiger partial charge < -0.3 is 9.88 Å². The Kier molecular flexibility index (Phi) is 4.84. The van der Waals surface area contributed by atoms with Gasteiger partial charge in [0, 0.05) is 24.0 Å². The van der Waals surface area contributed by atoms with Crippen LogP contribution in [0, 0.1) is 10.1 Å². The molecule has 2 rings (SSSR count). The van der Waals surface area contributed by atoms with E-state index in [-0.39, 0.29) is 10.6 Å². The van der Waals surface area contributed by atoms with E-state index in [1.54, 1.807) is 18.3 Å². The topological polar surface area (TPSA) is 73.0 Å². The molecule has 0 saturated carbocycles. The average molecular weight is 274 g/mol. The van der Waals surface area contributed by atoms with Crippen LogP contribution < -0.4 is 5.32 Å². The summed E-state index contributed by atoms with van der Waals surface area (Å²) in [6.45, 7) is 4.16. The maximum atomic E-state index is 11.0. The third kappa shape index (κ3) is 3.42. The first kappa shape index (κ1) is 14.2. The summed E-state index contributed by atoms with van der Waals surface area (Å²) in [5.74, 6) is 0.886. The summed E-state index contributed by atoms with van der Waals surface area (Å²) in [7, 11) is 0. The normalized spacial score (nSPS) is 10.7. The van der Waals surface area contributed by atoms with Gasteiger partial charge in [-0.2, -0.15) is 0 Å². The molecule has 2 aromatic rings. The number of nitrogens with zero attached hydrogens (tertiary/aromatic N) is 3. The zero-order valence-corrected chi connectivity index (χ0v) is 11.5. The number of imidazole rings is 1. The molecule has 0 aliphatic heterocycles. The lowest BCUT2D eigenvalue weighted by Gasteiger charge is -2.09. The van der Waals surface area contributed by atoms with Crippen molar-refractivity contribution in [2.45, 2.75) is 26.4 Å². The molecule has 0 unspecified atom stereocenters. The second-order valence-electron chi connectivity index (χ2n) is 4.53. The fourth-order valence-electron chi connectivity index (χ4n) is 2.03. The second kappa shape index (κ2) is 6.81. The first-order valence-electron chi connectivity index (χ1n) is 6.65. The van der Waals surface area contributed by atoms with E-state index >= 15 is 0 Å². The van der Waals surface area contributed by atoms with Crippen LogP contribution in [-0.4, -0.2) is 21.0 Å². The lowest BCUT2D eigenvalue weighted by molar-refractivity contribution is -0.385. The summed E-state index contributed by atoms with van der Waals surface area (Å²) >= 11 is 0. The molecule has 0 spiro atoms. The molecule has 0 saturated heterocycles. The molecule has 0 aliphatic rings. The van der Waals surface area contributed by atoms with Gasteiger partial charge in [0.1, 0.15) is 5.82 Å². The zero-order chi connectivity index (χ0) is 14.4. The van der Waals surface area contributed by atoms with Crippen LogP contribution in [0.25, 0.3) is 0 Å². The van der Waals surface area contributed by atoms with E-state index in [1.165, 1.54) is 6.07 Å². The number of hydrogen-bond donors (Lipinski definition) is 1. The molecule has 1 N–H and O–H groups in total. The summed E-state index contributed by atoms with van der Waals surface area (Å²) in [6, 6.07) is 6.80. The number of hydrogen-bond acceptors (Lipinski definition) is 4. The Labute approximate surface area is 117 Å². The highest BCUT2D eigenvalue weighted by molar-refractivity contribution is 5.40. The van der Waals surface area contributed by atoms with E-state index in [9.17, 15) is 10.1 Å². The molecule has 0 radical (unpaired) electrons. The number of para-hydroxylation sites is 1. The average Bonchev–Trinajstić information content (AvgIpc) is 2.87. The van der Waals surface area contributed by atoms with Crippen molar-refractivity contribution in [3.8, 4) is 0 Å². The van der Waals surface area contributed by atoms with E-state index in [2.05, 4.69) is 17.2 Å². The van der Waals surface area contributed by atoms with Crippen molar-refractivity contribution < 1.29 is 4.92 Å². The predicted octanol–water partition coefficient (Wildman–Crippen LogP) is 2.34. The number of aromatic nitrogens is 2. The highest BCUT2D eigenvalue weighted by atomic mass is 16.6. The predicted molar refractivity (Wildman–Crippen MR) is 76.4 cm³/mol. The monoisotopic (exact) mass is 274 g/mol. The van der Waals surface area contributed by atoms with Gasteiger partial charge in [0.25, 0.3) is 5.69 Å². The summed E-state index contributed by atoms with van der Waals surface area (Å²) in [4.78, 5) is 15.0. The Bertz CT molecular complexity index is 580. The van der Waals surface area contributed by atoms with Crippen LogP contribution >= 0.6 is 0 Å². The van der Waals surface area contributed by atoms with Crippen molar-refractivity contribution in [3.63, 3.8) is 0 Å². The molecular formula is C14H18N4O2. The molecule has 1 heterocycles. The molecule has 0 bridgehead atoms. The SMILES string of the molecule is CCCNCc1nccn1Cc1ccccc1[N+](=O)[O-]. The standard InChI is InChI=1S/C14H18N4O2/c1-2-7-15-10-14-16-8-9-17(14)11-12-5-3-4-6-13(12)18(19)20/h3-6,8-9,15H,2,7,10-11H2,1H3. The van der Waals surface area contributed by atoms with Gasteiger partial charge in [-0.15, -0.1) is 0 Å². The van der Waals surface area contributed by atoms with Gasteiger partial charge in [0.15, 0.2) is 0 Å². The minimum absolute atomic E-state index is 0.147. The summed E-state index contributed by atoms with van der Waals surface area (Å²) in [5.41, 5.74) is 0.834. The highest BCUT2D eigenvalue weighted by Gasteiger charge is 2.13. The fourth-order valence-corrected chi connectivity index (χ4v) is 2.03. The van der Waals surface area contributed by atoms with Crippen LogP contribution in [0.4, 0.5) is 5.69 Å². The molecule has 6 nitrogen and oxygen atoms in total. The van der Waals surface area contributed by atoms with E-state index in [4.69, 9.17) is 0 Å². The fraction of sp³-hybridized carbons (Fsp3) is 0.357. The van der Waals surface area contributed by atoms with Crippen molar-refractivity contribution in [2.24, 2.45) is 0 Å². The third-order valence-electron chi connectivity index (χ3n) is 3.04. The lowest BCUT2D eigenvalue weighted by atomic mass is 10.2. The molecule has 0 fully saturated rings. The molecule has 106 valence electrons. The van der Waals surface area contributed by atoms with Crippen LogP contribution in [0.5, 0.6) is 0 Å². The number of benzene rings is 1. The summed E-state index contributed by atoms with van der Waals surface area (Å²) < 4.78 is 1.94. The van der Waals surface area contributed by atoms with Gasteiger partial charge in [-0.25, -0.2) is 4.98 Å². The van der Waals surface area contributed by atoms with Gasteiger partial charge in [-0.3, -0.25) is 10.1 Å². The summed E-state index contributed by atoms with van der Waals surface area (Å²) in [6.07, 6.45) is 4.63. The van der Waals surface area contributed by atoms with Gasteiger partial charge in [-0.05, 0) is 13.0 Å². The Morgan fingerprint density at radius 2 is 2.20 bits per heavy atom. The number of rotatable bonds is 7. The maximum Gasteiger partial charge on any atom is 0.274 e. The van der Waals surface area contributed by atoms with Crippen molar-refractivity contribution in [3.05, 3.63) is 58.2 Å². The van der Waals surface area contributed by atoms with E-state index in [0.717, 1.165) is 18.8 Å². The van der Waals surface area contributed by atoms with Crippen LogP contribution in [0.15, 0.2) is 36.7 Å². The minimum Gasteiger partial charge on any atom is -0.329 e. The van der Waals surface area contributed by atoms with E-state index < -0.39 is 0 Å². The van der Waals surface area contributed by atoms with Gasteiger partial charge >= 0.3 is 0 Å². The minimum atomic E-state index is -0.346. The summed E-state index contributed by atoms with van der Waals surface area (Å²) in [5, 5.41) is 14.3. The largest absolute Gasteiger partial charge is 0.329 e. The van der Waals surface area contributed by atoms with Crippen molar-refractivity contribution in [1.29, 1.82) is 0 Å². The van der Waals surface area contributed by atoms with Crippen molar-refractivity contribution in [1.82, 2.24) is 14.9 Å². The first-order chi connectivity index (χ1) is 9.72. The van der Waals surface area contributed by atoms with Crippen molar-refractivity contribution >= 4 is 5.69 Å². The maximum absolute atomic E-state index is 11.0. The Hall–Kier alpha value is -2.21. The number of nitro benzene ring substituents is 1. The first-order valence-corrected chi connectivity index (χ1v) is 6.65. The van der Waals surface area contributed by atoms with E-state index in [0.29, 0.717) is 18.7 Å². The second-order valence-corrected chi connectivity index (χ2v) is 4.53. The molecule has 1 aromatic heterocycles. The van der Waals surface area contributed by atoms with Gasteiger partial charge in [0.05, 0.1) is 18.0 Å². The van der Waals surface area contributed by atoms with Crippen LogP contribution in [0.3, 0.4) is 0 Å². The molecule has 0 aliphatic carbocycles. The Balaban J connectivity index is 2.14. The zero-order valence-electron chi connectivity index (χ0n) is 11.5. The molecule has 0 atom stereocenters. The molecule has 6 heteroatoms. The van der Waals surface area contributed by atoms with Gasteiger partial charge in [0.2, 0.25) is 0 Å². The highest BCUT2D eigenvalue weighted by Crippen LogP contribution is 2.19.